The predicted molar refractivity (Wildman–Crippen MR) is 114 cm³/mol. The first-order valence-electron chi connectivity index (χ1n) is 9.17. The van der Waals surface area contributed by atoms with Gasteiger partial charge in [-0.15, -0.1) is 11.3 Å². The Hall–Kier alpha value is -4.11. The van der Waals surface area contributed by atoms with Crippen molar-refractivity contribution in [2.45, 2.75) is 0 Å². The second kappa shape index (κ2) is 8.72. The van der Waals surface area contributed by atoms with Gasteiger partial charge in [-0.3, -0.25) is 19.7 Å². The summed E-state index contributed by atoms with van der Waals surface area (Å²) in [6.45, 7) is -0.670. The van der Waals surface area contributed by atoms with Crippen LogP contribution < -0.4 is 10.9 Å². The molecule has 0 saturated carbocycles. The maximum absolute atomic E-state index is 12.9. The van der Waals surface area contributed by atoms with E-state index in [9.17, 15) is 19.2 Å². The molecule has 8 nitrogen and oxygen atoms in total. The number of aromatic nitrogens is 2. The van der Waals surface area contributed by atoms with Gasteiger partial charge < -0.3 is 4.74 Å². The van der Waals surface area contributed by atoms with Gasteiger partial charge in [-0.25, -0.2) is 4.79 Å². The highest BCUT2D eigenvalue weighted by Crippen LogP contribution is 2.16. The number of carbonyl (C=O) groups is 3. The van der Waals surface area contributed by atoms with E-state index in [1.165, 1.54) is 11.3 Å². The third-order valence-electron chi connectivity index (χ3n) is 4.33. The van der Waals surface area contributed by atoms with Crippen LogP contribution in [0.25, 0.3) is 16.5 Å². The molecule has 4 rings (SSSR count). The van der Waals surface area contributed by atoms with Gasteiger partial charge >= 0.3 is 5.97 Å². The first kappa shape index (κ1) is 20.2. The Kier molecular flexibility index (Phi) is 5.67. The van der Waals surface area contributed by atoms with Gasteiger partial charge in [-0.2, -0.15) is 9.78 Å². The Morgan fingerprint density at radius 3 is 2.35 bits per heavy atom. The van der Waals surface area contributed by atoms with Crippen molar-refractivity contribution in [3.05, 3.63) is 93.0 Å². The number of para-hydroxylation sites is 1. The van der Waals surface area contributed by atoms with Gasteiger partial charge in [-0.05, 0) is 29.6 Å². The smallest absolute Gasteiger partial charge is 0.359 e. The molecule has 2 amide bonds. The van der Waals surface area contributed by atoms with Crippen molar-refractivity contribution in [3.8, 4) is 5.69 Å². The van der Waals surface area contributed by atoms with Crippen LogP contribution in [0.2, 0.25) is 0 Å². The number of ether oxygens (including phenoxy) is 1. The molecule has 1 N–H and O–H groups in total. The molecule has 0 aliphatic carbocycles. The van der Waals surface area contributed by atoms with Crippen LogP contribution in [-0.4, -0.2) is 34.2 Å². The van der Waals surface area contributed by atoms with Crippen LogP contribution in [0.3, 0.4) is 0 Å². The topological polar surface area (TPSA) is 107 Å². The molecule has 0 unspecified atom stereocenters. The van der Waals surface area contributed by atoms with Crippen molar-refractivity contribution < 1.29 is 19.1 Å². The summed E-state index contributed by atoms with van der Waals surface area (Å²) in [5, 5.41) is 8.63. The van der Waals surface area contributed by atoms with E-state index in [0.717, 1.165) is 4.68 Å². The second-order valence-electron chi connectivity index (χ2n) is 6.38. The fourth-order valence-corrected chi connectivity index (χ4v) is 3.53. The molecule has 9 heteroatoms. The van der Waals surface area contributed by atoms with Crippen LogP contribution in [0.1, 0.15) is 20.2 Å². The van der Waals surface area contributed by atoms with E-state index in [1.807, 2.05) is 0 Å². The maximum atomic E-state index is 12.9. The number of hydrogen-bond acceptors (Lipinski definition) is 7. The van der Waals surface area contributed by atoms with E-state index < -0.39 is 29.9 Å². The van der Waals surface area contributed by atoms with Crippen molar-refractivity contribution in [1.29, 1.82) is 0 Å². The lowest BCUT2D eigenvalue weighted by Crippen LogP contribution is -2.34. The van der Waals surface area contributed by atoms with E-state index in [1.54, 1.807) is 72.1 Å². The third-order valence-corrected chi connectivity index (χ3v) is 5.20. The van der Waals surface area contributed by atoms with Gasteiger partial charge in [0.25, 0.3) is 17.4 Å². The Balaban J connectivity index is 1.59. The fraction of sp³-hybridized carbons (Fsp3) is 0.0455. The zero-order valence-electron chi connectivity index (χ0n) is 16.0. The number of nitrogens with one attached hydrogen (secondary N) is 1. The normalized spacial score (nSPS) is 10.6. The zero-order valence-corrected chi connectivity index (χ0v) is 16.8. The molecule has 0 radical (unpaired) electrons. The summed E-state index contributed by atoms with van der Waals surface area (Å²) < 4.78 is 6.18. The average molecular weight is 433 g/mol. The monoisotopic (exact) mass is 433 g/mol. The lowest BCUT2D eigenvalue weighted by atomic mass is 10.1. The lowest BCUT2D eigenvalue weighted by molar-refractivity contribution is -0.123. The maximum Gasteiger partial charge on any atom is 0.359 e. The van der Waals surface area contributed by atoms with E-state index in [0.29, 0.717) is 16.0 Å². The Labute approximate surface area is 179 Å². The van der Waals surface area contributed by atoms with E-state index in [2.05, 4.69) is 10.4 Å². The first-order valence-corrected chi connectivity index (χ1v) is 10.0. The minimum absolute atomic E-state index is 0.114. The SMILES string of the molecule is O=C(COC(=O)c1nn(-c2ccccc2)c(=O)c2ccccc12)NC(=O)c1cccs1. The molecule has 4 aromatic rings. The van der Waals surface area contributed by atoms with Crippen molar-refractivity contribution in [2.24, 2.45) is 0 Å². The number of hydrogen-bond donors (Lipinski definition) is 1. The summed E-state index contributed by atoms with van der Waals surface area (Å²) in [6.07, 6.45) is 0. The molecule has 154 valence electrons. The van der Waals surface area contributed by atoms with Crippen molar-refractivity contribution in [2.75, 3.05) is 6.61 Å². The lowest BCUT2D eigenvalue weighted by Gasteiger charge is -2.11. The van der Waals surface area contributed by atoms with Crippen LogP contribution in [0.15, 0.2) is 76.9 Å². The molecule has 2 aromatic heterocycles. The molecular formula is C22H15N3O5S. The number of amides is 2. The molecule has 0 aliphatic heterocycles. The van der Waals surface area contributed by atoms with Gasteiger partial charge in [0, 0.05) is 5.39 Å². The number of esters is 1. The molecule has 31 heavy (non-hydrogen) atoms. The molecule has 0 spiro atoms. The highest BCUT2D eigenvalue weighted by atomic mass is 32.1. The summed E-state index contributed by atoms with van der Waals surface area (Å²) in [6, 6.07) is 18.4. The summed E-state index contributed by atoms with van der Waals surface area (Å²) >= 11 is 1.18. The van der Waals surface area contributed by atoms with Crippen LogP contribution in [0, 0.1) is 0 Å². The number of nitrogens with zero attached hydrogens (tertiary/aromatic N) is 2. The zero-order chi connectivity index (χ0) is 21.8. The molecular weight excluding hydrogens is 418 g/mol. The minimum atomic E-state index is -0.889. The molecule has 2 heterocycles. The highest BCUT2D eigenvalue weighted by Gasteiger charge is 2.20. The predicted octanol–water partition coefficient (Wildman–Crippen LogP) is 2.56. The second-order valence-corrected chi connectivity index (χ2v) is 7.33. The van der Waals surface area contributed by atoms with Crippen LogP contribution in [0.4, 0.5) is 0 Å². The fourth-order valence-electron chi connectivity index (χ4n) is 2.92. The number of carbonyl (C=O) groups excluding carboxylic acids is 3. The number of benzene rings is 2. The van der Waals surface area contributed by atoms with Crippen molar-refractivity contribution in [3.63, 3.8) is 0 Å². The number of fused-ring (bicyclic) bond motifs is 1. The van der Waals surface area contributed by atoms with Gasteiger partial charge in [0.1, 0.15) is 0 Å². The van der Waals surface area contributed by atoms with Crippen LogP contribution in [-0.2, 0) is 9.53 Å². The standard InChI is InChI=1S/C22H15N3O5S/c26-18(23-20(27)17-11-6-12-31-17)13-30-22(29)19-15-9-4-5-10-16(15)21(28)25(24-19)14-7-2-1-3-8-14/h1-12H,13H2,(H,23,26,27). The summed E-state index contributed by atoms with van der Waals surface area (Å²) in [7, 11) is 0. The van der Waals surface area contributed by atoms with E-state index in [4.69, 9.17) is 4.74 Å². The van der Waals surface area contributed by atoms with Crippen LogP contribution in [0.5, 0.6) is 0 Å². The quantitative estimate of drug-likeness (QED) is 0.485. The van der Waals surface area contributed by atoms with Gasteiger partial charge in [0.15, 0.2) is 12.3 Å². The van der Waals surface area contributed by atoms with Crippen molar-refractivity contribution >= 4 is 39.9 Å². The number of imide groups is 1. The van der Waals surface area contributed by atoms with Gasteiger partial charge in [-0.1, -0.05) is 42.5 Å². The molecule has 0 bridgehead atoms. The highest BCUT2D eigenvalue weighted by molar-refractivity contribution is 7.12. The van der Waals surface area contributed by atoms with Crippen LogP contribution >= 0.6 is 11.3 Å². The Bertz CT molecular complexity index is 1330. The molecule has 0 fully saturated rings. The summed E-state index contributed by atoms with van der Waals surface area (Å²) in [4.78, 5) is 49.9. The molecule has 2 aromatic carbocycles. The minimum Gasteiger partial charge on any atom is -0.451 e. The largest absolute Gasteiger partial charge is 0.451 e. The van der Waals surface area contributed by atoms with E-state index in [-0.39, 0.29) is 11.1 Å². The average Bonchev–Trinajstić information content (AvgIpc) is 3.34. The third kappa shape index (κ3) is 4.26. The first-order chi connectivity index (χ1) is 15.0. The summed E-state index contributed by atoms with van der Waals surface area (Å²) in [5.74, 6) is -2.23. The summed E-state index contributed by atoms with van der Waals surface area (Å²) in [5.41, 5.74) is -0.0272. The number of thiophene rings is 1. The van der Waals surface area contributed by atoms with Gasteiger partial charge in [0.05, 0.1) is 16.0 Å². The Morgan fingerprint density at radius 2 is 1.65 bits per heavy atom. The molecule has 0 atom stereocenters. The van der Waals surface area contributed by atoms with Crippen molar-refractivity contribution in [1.82, 2.24) is 15.1 Å². The van der Waals surface area contributed by atoms with Gasteiger partial charge in [0.2, 0.25) is 0 Å². The molecule has 0 saturated heterocycles. The molecule has 0 aliphatic rings. The Morgan fingerprint density at radius 1 is 0.935 bits per heavy atom. The van der Waals surface area contributed by atoms with E-state index >= 15 is 0 Å². The number of rotatable bonds is 5.